The van der Waals surface area contributed by atoms with E-state index in [4.69, 9.17) is 0 Å². The predicted molar refractivity (Wildman–Crippen MR) is 89.1 cm³/mol. The van der Waals surface area contributed by atoms with Crippen molar-refractivity contribution in [2.45, 2.75) is 46.1 Å². The first-order valence-electron chi connectivity index (χ1n) is 7.92. The molecule has 0 spiro atoms. The van der Waals surface area contributed by atoms with Gasteiger partial charge in [-0.2, -0.15) is 0 Å². The van der Waals surface area contributed by atoms with Crippen LogP contribution in [0.25, 0.3) is 10.8 Å². The minimum atomic E-state index is 0.488. The molecular weight excluding hydrogens is 242 g/mol. The number of nitrogens with one attached hydrogen (secondary N) is 1. The lowest BCUT2D eigenvalue weighted by Gasteiger charge is -2.20. The summed E-state index contributed by atoms with van der Waals surface area (Å²) < 4.78 is 0. The summed E-state index contributed by atoms with van der Waals surface area (Å²) in [4.78, 5) is 0. The van der Waals surface area contributed by atoms with Gasteiger partial charge in [0.2, 0.25) is 0 Å². The molecule has 0 saturated carbocycles. The molecule has 2 rings (SSSR count). The molecule has 0 radical (unpaired) electrons. The summed E-state index contributed by atoms with van der Waals surface area (Å²) in [5, 5.41) is 6.38. The van der Waals surface area contributed by atoms with Crippen molar-refractivity contribution in [2.24, 2.45) is 5.92 Å². The first-order chi connectivity index (χ1) is 9.70. The molecule has 0 bridgehead atoms. The first kappa shape index (κ1) is 15.1. The van der Waals surface area contributed by atoms with Crippen molar-refractivity contribution in [1.29, 1.82) is 0 Å². The van der Waals surface area contributed by atoms with Crippen molar-refractivity contribution in [2.75, 3.05) is 6.54 Å². The fourth-order valence-electron chi connectivity index (χ4n) is 2.63. The standard InChI is InChI=1S/C19H27N/c1-4-13-20-19(12-9-15(2)3)18-11-10-16-7-5-6-8-17(16)14-18/h5-8,10-11,14-15,19-20H,4,9,12-13H2,1-3H3. The van der Waals surface area contributed by atoms with Gasteiger partial charge in [0.25, 0.3) is 0 Å². The van der Waals surface area contributed by atoms with Gasteiger partial charge in [0.1, 0.15) is 0 Å². The molecule has 0 aromatic heterocycles. The lowest BCUT2D eigenvalue weighted by atomic mass is 9.95. The van der Waals surface area contributed by atoms with Crippen LogP contribution < -0.4 is 5.32 Å². The molecule has 1 atom stereocenters. The fraction of sp³-hybridized carbons (Fsp3) is 0.474. The van der Waals surface area contributed by atoms with Crippen LogP contribution in [0.1, 0.15) is 51.6 Å². The van der Waals surface area contributed by atoms with Gasteiger partial charge in [0.15, 0.2) is 0 Å². The Kier molecular flexibility index (Phi) is 5.60. The van der Waals surface area contributed by atoms with E-state index in [-0.39, 0.29) is 0 Å². The summed E-state index contributed by atoms with van der Waals surface area (Å²) in [6.45, 7) is 7.93. The zero-order valence-corrected chi connectivity index (χ0v) is 13.0. The average molecular weight is 269 g/mol. The summed E-state index contributed by atoms with van der Waals surface area (Å²) in [5.41, 5.74) is 1.43. The first-order valence-corrected chi connectivity index (χ1v) is 7.92. The lowest BCUT2D eigenvalue weighted by Crippen LogP contribution is -2.22. The highest BCUT2D eigenvalue weighted by molar-refractivity contribution is 5.83. The van der Waals surface area contributed by atoms with Crippen molar-refractivity contribution in [3.8, 4) is 0 Å². The molecule has 0 aliphatic carbocycles. The van der Waals surface area contributed by atoms with Crippen LogP contribution in [0.4, 0.5) is 0 Å². The Labute approximate surface area is 123 Å². The van der Waals surface area contributed by atoms with Gasteiger partial charge in [-0.05, 0) is 54.1 Å². The Bertz CT molecular complexity index is 530. The quantitative estimate of drug-likeness (QED) is 0.717. The van der Waals surface area contributed by atoms with Crippen LogP contribution in [0.5, 0.6) is 0 Å². The second kappa shape index (κ2) is 7.44. The Balaban J connectivity index is 2.19. The Morgan fingerprint density at radius 1 is 0.950 bits per heavy atom. The molecule has 1 heteroatoms. The van der Waals surface area contributed by atoms with E-state index in [1.165, 1.54) is 35.6 Å². The number of hydrogen-bond acceptors (Lipinski definition) is 1. The molecule has 0 aliphatic rings. The molecule has 1 unspecified atom stereocenters. The number of benzene rings is 2. The maximum atomic E-state index is 3.71. The molecule has 2 aromatic carbocycles. The second-order valence-electron chi connectivity index (χ2n) is 6.08. The van der Waals surface area contributed by atoms with E-state index in [0.717, 1.165) is 12.5 Å². The SMILES string of the molecule is CCCNC(CCC(C)C)c1ccc2ccccc2c1. The summed E-state index contributed by atoms with van der Waals surface area (Å²) in [6, 6.07) is 16.0. The van der Waals surface area contributed by atoms with Gasteiger partial charge in [-0.1, -0.05) is 57.2 Å². The van der Waals surface area contributed by atoms with Crippen LogP contribution >= 0.6 is 0 Å². The smallest absolute Gasteiger partial charge is 0.0320 e. The molecule has 1 N–H and O–H groups in total. The number of hydrogen-bond donors (Lipinski definition) is 1. The van der Waals surface area contributed by atoms with Crippen LogP contribution in [0.3, 0.4) is 0 Å². The van der Waals surface area contributed by atoms with Crippen molar-refractivity contribution in [1.82, 2.24) is 5.32 Å². The Hall–Kier alpha value is -1.34. The fourth-order valence-corrected chi connectivity index (χ4v) is 2.63. The molecule has 0 amide bonds. The minimum absolute atomic E-state index is 0.488. The summed E-state index contributed by atoms with van der Waals surface area (Å²) in [7, 11) is 0. The molecule has 0 fully saturated rings. The average Bonchev–Trinajstić information content (AvgIpc) is 2.46. The summed E-state index contributed by atoms with van der Waals surface area (Å²) in [6.07, 6.45) is 3.68. The zero-order valence-electron chi connectivity index (χ0n) is 13.0. The van der Waals surface area contributed by atoms with Gasteiger partial charge in [0.05, 0.1) is 0 Å². The predicted octanol–water partition coefficient (Wildman–Crippen LogP) is 5.32. The third-order valence-electron chi connectivity index (χ3n) is 3.85. The largest absolute Gasteiger partial charge is 0.310 e. The molecule has 2 aromatic rings. The van der Waals surface area contributed by atoms with E-state index in [2.05, 4.69) is 68.6 Å². The molecule has 20 heavy (non-hydrogen) atoms. The van der Waals surface area contributed by atoms with Gasteiger partial charge in [-0.25, -0.2) is 0 Å². The van der Waals surface area contributed by atoms with Crippen LogP contribution in [0, 0.1) is 5.92 Å². The molecule has 0 aliphatic heterocycles. The van der Waals surface area contributed by atoms with Gasteiger partial charge < -0.3 is 5.32 Å². The minimum Gasteiger partial charge on any atom is -0.310 e. The summed E-state index contributed by atoms with van der Waals surface area (Å²) in [5.74, 6) is 0.765. The van der Waals surface area contributed by atoms with E-state index in [9.17, 15) is 0 Å². The van der Waals surface area contributed by atoms with Gasteiger partial charge >= 0.3 is 0 Å². The highest BCUT2D eigenvalue weighted by Crippen LogP contribution is 2.25. The van der Waals surface area contributed by atoms with E-state index < -0.39 is 0 Å². The van der Waals surface area contributed by atoms with E-state index in [1.54, 1.807) is 0 Å². The van der Waals surface area contributed by atoms with Crippen LogP contribution in [0.2, 0.25) is 0 Å². The third-order valence-corrected chi connectivity index (χ3v) is 3.85. The Morgan fingerprint density at radius 3 is 2.40 bits per heavy atom. The normalized spacial score (nSPS) is 13.0. The topological polar surface area (TPSA) is 12.0 Å². The highest BCUT2D eigenvalue weighted by Gasteiger charge is 2.11. The van der Waals surface area contributed by atoms with Gasteiger partial charge in [0, 0.05) is 6.04 Å². The monoisotopic (exact) mass is 269 g/mol. The molecular formula is C19H27N. The van der Waals surface area contributed by atoms with Gasteiger partial charge in [-0.15, -0.1) is 0 Å². The molecule has 1 nitrogen and oxygen atoms in total. The molecule has 0 saturated heterocycles. The number of fused-ring (bicyclic) bond motifs is 1. The van der Waals surface area contributed by atoms with Crippen molar-refractivity contribution in [3.63, 3.8) is 0 Å². The van der Waals surface area contributed by atoms with E-state index >= 15 is 0 Å². The zero-order chi connectivity index (χ0) is 14.4. The van der Waals surface area contributed by atoms with Gasteiger partial charge in [-0.3, -0.25) is 0 Å². The van der Waals surface area contributed by atoms with Crippen LogP contribution in [-0.2, 0) is 0 Å². The molecule has 108 valence electrons. The second-order valence-corrected chi connectivity index (χ2v) is 6.08. The van der Waals surface area contributed by atoms with Crippen molar-refractivity contribution < 1.29 is 0 Å². The Morgan fingerprint density at radius 2 is 1.70 bits per heavy atom. The summed E-state index contributed by atoms with van der Waals surface area (Å²) >= 11 is 0. The molecule has 0 heterocycles. The highest BCUT2D eigenvalue weighted by atomic mass is 14.9. The van der Waals surface area contributed by atoms with E-state index in [0.29, 0.717) is 6.04 Å². The van der Waals surface area contributed by atoms with Crippen LogP contribution in [-0.4, -0.2) is 6.54 Å². The van der Waals surface area contributed by atoms with Crippen molar-refractivity contribution in [3.05, 3.63) is 48.0 Å². The number of rotatable bonds is 7. The van der Waals surface area contributed by atoms with E-state index in [1.807, 2.05) is 0 Å². The third kappa shape index (κ3) is 4.08. The lowest BCUT2D eigenvalue weighted by molar-refractivity contribution is 0.441. The van der Waals surface area contributed by atoms with Crippen molar-refractivity contribution >= 4 is 10.8 Å². The maximum absolute atomic E-state index is 3.71. The van der Waals surface area contributed by atoms with Crippen LogP contribution in [0.15, 0.2) is 42.5 Å². The maximum Gasteiger partial charge on any atom is 0.0320 e.